The van der Waals surface area contributed by atoms with Gasteiger partial charge in [0, 0.05) is 32.5 Å². The Morgan fingerprint density at radius 2 is 1.97 bits per heavy atom. The summed E-state index contributed by atoms with van der Waals surface area (Å²) in [5, 5.41) is 20.2. The Kier molecular flexibility index (Phi) is 6.06. The Balaban J connectivity index is 1.36. The maximum absolute atomic E-state index is 14.8. The number of pyridine rings is 1. The SMILES string of the molecule is O=C(Nc1cccc(-c2nnc3n2CCCC3)n1)c1cc2c(cc1F)CCN(C(=O)CCO)C2. The number of hydrogen-bond donors (Lipinski definition) is 2. The molecular weight excluding hydrogens is 439 g/mol. The predicted molar refractivity (Wildman–Crippen MR) is 121 cm³/mol. The van der Waals surface area contributed by atoms with Crippen molar-refractivity contribution in [1.82, 2.24) is 24.6 Å². The monoisotopic (exact) mass is 464 g/mol. The van der Waals surface area contributed by atoms with Gasteiger partial charge in [0.15, 0.2) is 5.82 Å². The highest BCUT2D eigenvalue weighted by Crippen LogP contribution is 2.25. The third-order valence-electron chi connectivity index (χ3n) is 6.30. The lowest BCUT2D eigenvalue weighted by atomic mass is 9.96. The number of anilines is 1. The largest absolute Gasteiger partial charge is 0.396 e. The number of rotatable bonds is 5. The lowest BCUT2D eigenvalue weighted by Crippen LogP contribution is -2.36. The van der Waals surface area contributed by atoms with Crippen molar-refractivity contribution in [2.24, 2.45) is 0 Å². The molecule has 0 saturated heterocycles. The minimum atomic E-state index is -0.618. The van der Waals surface area contributed by atoms with Crippen LogP contribution >= 0.6 is 0 Å². The highest BCUT2D eigenvalue weighted by atomic mass is 19.1. The number of fused-ring (bicyclic) bond motifs is 2. The van der Waals surface area contributed by atoms with Crippen molar-refractivity contribution in [3.63, 3.8) is 0 Å². The molecule has 34 heavy (non-hydrogen) atoms. The normalized spacial score (nSPS) is 14.9. The van der Waals surface area contributed by atoms with Gasteiger partial charge in [-0.05, 0) is 54.7 Å². The molecule has 2 amide bonds. The molecule has 2 aliphatic rings. The lowest BCUT2D eigenvalue weighted by molar-refractivity contribution is -0.132. The van der Waals surface area contributed by atoms with Crippen molar-refractivity contribution in [2.75, 3.05) is 18.5 Å². The molecule has 4 heterocycles. The number of benzene rings is 1. The second kappa shape index (κ2) is 9.30. The number of aliphatic hydroxyl groups is 1. The average Bonchev–Trinajstić information content (AvgIpc) is 3.28. The van der Waals surface area contributed by atoms with Gasteiger partial charge in [-0.2, -0.15) is 0 Å². The van der Waals surface area contributed by atoms with E-state index in [0.29, 0.717) is 24.5 Å². The Morgan fingerprint density at radius 3 is 2.82 bits per heavy atom. The number of carbonyl (C=O) groups is 2. The highest BCUT2D eigenvalue weighted by Gasteiger charge is 2.24. The lowest BCUT2D eigenvalue weighted by Gasteiger charge is -2.29. The molecule has 5 rings (SSSR count). The first-order chi connectivity index (χ1) is 16.5. The van der Waals surface area contributed by atoms with E-state index in [9.17, 15) is 14.0 Å². The summed E-state index contributed by atoms with van der Waals surface area (Å²) in [6.45, 7) is 1.34. The molecular formula is C24H25FN6O3. The van der Waals surface area contributed by atoms with Crippen LogP contribution in [0.3, 0.4) is 0 Å². The van der Waals surface area contributed by atoms with Gasteiger partial charge in [0.05, 0.1) is 12.2 Å². The number of nitrogens with zero attached hydrogens (tertiary/aromatic N) is 5. The number of carbonyl (C=O) groups excluding carboxylic acids is 2. The molecule has 0 bridgehead atoms. The number of nitrogens with one attached hydrogen (secondary N) is 1. The van der Waals surface area contributed by atoms with E-state index in [4.69, 9.17) is 5.11 Å². The molecule has 10 heteroatoms. The fourth-order valence-electron chi connectivity index (χ4n) is 4.53. The Morgan fingerprint density at radius 1 is 1.09 bits per heavy atom. The van der Waals surface area contributed by atoms with E-state index in [-0.39, 0.29) is 36.9 Å². The molecule has 0 aliphatic carbocycles. The van der Waals surface area contributed by atoms with Crippen LogP contribution in [-0.2, 0) is 30.7 Å². The second-order valence-electron chi connectivity index (χ2n) is 8.55. The van der Waals surface area contributed by atoms with Gasteiger partial charge in [-0.3, -0.25) is 9.59 Å². The van der Waals surface area contributed by atoms with E-state index in [1.165, 1.54) is 12.1 Å². The van der Waals surface area contributed by atoms with E-state index in [1.54, 1.807) is 23.1 Å². The maximum atomic E-state index is 14.8. The molecule has 0 fully saturated rings. The number of aliphatic hydroxyl groups excluding tert-OH is 1. The maximum Gasteiger partial charge on any atom is 0.259 e. The third kappa shape index (κ3) is 4.28. The highest BCUT2D eigenvalue weighted by molar-refractivity contribution is 6.04. The van der Waals surface area contributed by atoms with Crippen molar-refractivity contribution in [3.05, 3.63) is 58.7 Å². The van der Waals surface area contributed by atoms with Crippen LogP contribution in [0.2, 0.25) is 0 Å². The summed E-state index contributed by atoms with van der Waals surface area (Å²) in [5.41, 5.74) is 1.98. The minimum absolute atomic E-state index is 0.0428. The number of hydrogen-bond acceptors (Lipinski definition) is 6. The van der Waals surface area contributed by atoms with Crippen LogP contribution in [0.5, 0.6) is 0 Å². The topological polar surface area (TPSA) is 113 Å². The molecule has 9 nitrogen and oxygen atoms in total. The molecule has 0 radical (unpaired) electrons. The Hall–Kier alpha value is -3.66. The van der Waals surface area contributed by atoms with Crippen LogP contribution in [0.15, 0.2) is 30.3 Å². The zero-order valence-electron chi connectivity index (χ0n) is 18.6. The summed E-state index contributed by atoms with van der Waals surface area (Å²) in [7, 11) is 0. The Labute approximate surface area is 195 Å². The summed E-state index contributed by atoms with van der Waals surface area (Å²) < 4.78 is 16.8. The minimum Gasteiger partial charge on any atom is -0.396 e. The van der Waals surface area contributed by atoms with Gasteiger partial charge in [0.2, 0.25) is 5.91 Å². The summed E-state index contributed by atoms with van der Waals surface area (Å²) in [6, 6.07) is 8.07. The van der Waals surface area contributed by atoms with Crippen LogP contribution in [0, 0.1) is 5.82 Å². The molecule has 0 saturated carbocycles. The van der Waals surface area contributed by atoms with Gasteiger partial charge in [-0.15, -0.1) is 10.2 Å². The molecule has 0 unspecified atom stereocenters. The third-order valence-corrected chi connectivity index (χ3v) is 6.30. The van der Waals surface area contributed by atoms with Gasteiger partial charge in [0.1, 0.15) is 23.2 Å². The first kappa shape index (κ1) is 22.1. The fourth-order valence-corrected chi connectivity index (χ4v) is 4.53. The van der Waals surface area contributed by atoms with E-state index < -0.39 is 11.7 Å². The first-order valence-electron chi connectivity index (χ1n) is 11.4. The molecule has 0 spiro atoms. The zero-order chi connectivity index (χ0) is 23.7. The van der Waals surface area contributed by atoms with Gasteiger partial charge >= 0.3 is 0 Å². The van der Waals surface area contributed by atoms with Crippen LogP contribution in [0.1, 0.15) is 46.6 Å². The standard InChI is InChI=1S/C24H25FN6O3/c25-18-13-15-7-10-30(22(33)8-11-32)14-16(15)12-17(18)24(34)27-20-5-3-4-19(26-20)23-29-28-21-6-1-2-9-31(21)23/h3-5,12-13,32H,1-2,6-11,14H2,(H,26,27,34). The number of aryl methyl sites for hydroxylation is 1. The summed E-state index contributed by atoms with van der Waals surface area (Å²) in [6.07, 6.45) is 3.55. The van der Waals surface area contributed by atoms with Crippen molar-refractivity contribution in [2.45, 2.75) is 45.2 Å². The number of halogens is 1. The number of amides is 2. The van der Waals surface area contributed by atoms with Gasteiger partial charge in [-0.25, -0.2) is 9.37 Å². The molecule has 2 aromatic heterocycles. The van der Waals surface area contributed by atoms with Gasteiger partial charge < -0.3 is 19.9 Å². The molecule has 2 N–H and O–H groups in total. The average molecular weight is 465 g/mol. The van der Waals surface area contributed by atoms with E-state index in [1.807, 2.05) is 4.57 Å². The smallest absolute Gasteiger partial charge is 0.259 e. The van der Waals surface area contributed by atoms with Crippen molar-refractivity contribution >= 4 is 17.6 Å². The summed E-state index contributed by atoms with van der Waals surface area (Å²) in [4.78, 5) is 31.2. The van der Waals surface area contributed by atoms with Gasteiger partial charge in [0.25, 0.3) is 5.91 Å². The van der Waals surface area contributed by atoms with E-state index >= 15 is 0 Å². The molecule has 2 aliphatic heterocycles. The number of aromatic nitrogens is 4. The summed E-state index contributed by atoms with van der Waals surface area (Å²) in [5.74, 6) is 0.465. The van der Waals surface area contributed by atoms with Crippen LogP contribution < -0.4 is 5.32 Å². The quantitative estimate of drug-likeness (QED) is 0.599. The van der Waals surface area contributed by atoms with Crippen molar-refractivity contribution in [3.8, 4) is 11.5 Å². The molecule has 176 valence electrons. The fraction of sp³-hybridized carbons (Fsp3) is 0.375. The second-order valence-corrected chi connectivity index (χ2v) is 8.55. The predicted octanol–water partition coefficient (Wildman–Crippen LogP) is 2.33. The molecule has 0 atom stereocenters. The van der Waals surface area contributed by atoms with Crippen LogP contribution in [-0.4, -0.2) is 54.7 Å². The van der Waals surface area contributed by atoms with E-state index in [2.05, 4.69) is 20.5 Å². The zero-order valence-corrected chi connectivity index (χ0v) is 18.6. The van der Waals surface area contributed by atoms with Crippen LogP contribution in [0.4, 0.5) is 10.2 Å². The summed E-state index contributed by atoms with van der Waals surface area (Å²) >= 11 is 0. The Bertz CT molecular complexity index is 1260. The van der Waals surface area contributed by atoms with E-state index in [0.717, 1.165) is 42.8 Å². The van der Waals surface area contributed by atoms with Gasteiger partial charge in [-0.1, -0.05) is 6.07 Å². The van der Waals surface area contributed by atoms with Crippen LogP contribution in [0.25, 0.3) is 11.5 Å². The molecule has 3 aromatic rings. The van der Waals surface area contributed by atoms with Crippen molar-refractivity contribution < 1.29 is 19.1 Å². The first-order valence-corrected chi connectivity index (χ1v) is 11.4. The van der Waals surface area contributed by atoms with Crippen molar-refractivity contribution in [1.29, 1.82) is 0 Å². The molecule has 1 aromatic carbocycles.